The molecular weight excluding hydrogens is 392 g/mol. The molecular formula is C26H50O5. The molecule has 31 heavy (non-hydrogen) atoms. The Morgan fingerprint density at radius 3 is 1.16 bits per heavy atom. The van der Waals surface area contributed by atoms with E-state index < -0.39 is 6.10 Å². The highest BCUT2D eigenvalue weighted by Crippen LogP contribution is 2.12. The van der Waals surface area contributed by atoms with Gasteiger partial charge in [-0.3, -0.25) is 9.59 Å². The van der Waals surface area contributed by atoms with Crippen molar-refractivity contribution in [2.24, 2.45) is 0 Å². The molecule has 0 heterocycles. The van der Waals surface area contributed by atoms with E-state index in [2.05, 4.69) is 13.8 Å². The van der Waals surface area contributed by atoms with Gasteiger partial charge in [-0.05, 0) is 12.8 Å². The van der Waals surface area contributed by atoms with Crippen molar-refractivity contribution in [1.29, 1.82) is 0 Å². The summed E-state index contributed by atoms with van der Waals surface area (Å²) in [5.41, 5.74) is 0. The minimum absolute atomic E-state index is 0.110. The van der Waals surface area contributed by atoms with E-state index in [9.17, 15) is 14.7 Å². The molecule has 1 atom stereocenters. The van der Waals surface area contributed by atoms with Gasteiger partial charge in [-0.1, -0.05) is 110 Å². The Bertz CT molecular complexity index is 411. The SMILES string of the molecule is CCCCCCCCCCCCC(=O)OC[C@H](O)COC(=O)CCCCCCCCC. The zero-order valence-electron chi connectivity index (χ0n) is 20.5. The van der Waals surface area contributed by atoms with Crippen molar-refractivity contribution in [2.75, 3.05) is 13.2 Å². The zero-order valence-corrected chi connectivity index (χ0v) is 20.5. The Balaban J connectivity index is 3.45. The molecule has 0 unspecified atom stereocenters. The number of carbonyl (C=O) groups is 2. The van der Waals surface area contributed by atoms with E-state index in [0.717, 1.165) is 32.1 Å². The van der Waals surface area contributed by atoms with E-state index in [-0.39, 0.29) is 25.2 Å². The molecule has 0 aliphatic rings. The fraction of sp³-hybridized carbons (Fsp3) is 0.923. The van der Waals surface area contributed by atoms with Crippen molar-refractivity contribution in [3.05, 3.63) is 0 Å². The maximum atomic E-state index is 11.7. The van der Waals surface area contributed by atoms with Crippen LogP contribution < -0.4 is 0 Å². The highest BCUT2D eigenvalue weighted by atomic mass is 16.6. The average molecular weight is 443 g/mol. The van der Waals surface area contributed by atoms with Crippen LogP contribution in [0.5, 0.6) is 0 Å². The highest BCUT2D eigenvalue weighted by Gasteiger charge is 2.12. The Kier molecular flexibility index (Phi) is 22.7. The van der Waals surface area contributed by atoms with Gasteiger partial charge in [0, 0.05) is 12.8 Å². The largest absolute Gasteiger partial charge is 0.463 e. The second-order valence-electron chi connectivity index (χ2n) is 8.82. The van der Waals surface area contributed by atoms with E-state index in [1.807, 2.05) is 0 Å². The predicted octanol–water partition coefficient (Wildman–Crippen LogP) is 6.89. The molecule has 184 valence electrons. The zero-order chi connectivity index (χ0) is 23.0. The number of aliphatic hydroxyl groups excluding tert-OH is 1. The lowest BCUT2D eigenvalue weighted by Crippen LogP contribution is -2.25. The molecule has 0 saturated heterocycles. The minimum atomic E-state index is -0.949. The van der Waals surface area contributed by atoms with Crippen molar-refractivity contribution in [3.8, 4) is 0 Å². The summed E-state index contributed by atoms with van der Waals surface area (Å²) in [4.78, 5) is 23.4. The summed E-state index contributed by atoms with van der Waals surface area (Å²) >= 11 is 0. The smallest absolute Gasteiger partial charge is 0.305 e. The van der Waals surface area contributed by atoms with Gasteiger partial charge in [0.2, 0.25) is 0 Å². The van der Waals surface area contributed by atoms with Crippen LogP contribution in [0.2, 0.25) is 0 Å². The molecule has 0 radical (unpaired) electrons. The first kappa shape index (κ1) is 29.9. The number of unbranched alkanes of at least 4 members (excludes halogenated alkanes) is 15. The Labute approximate surface area is 191 Å². The predicted molar refractivity (Wildman–Crippen MR) is 127 cm³/mol. The summed E-state index contributed by atoms with van der Waals surface area (Å²) in [5, 5.41) is 9.83. The molecule has 0 saturated carbocycles. The van der Waals surface area contributed by atoms with Crippen LogP contribution in [0.3, 0.4) is 0 Å². The van der Waals surface area contributed by atoms with Crippen LogP contribution in [-0.4, -0.2) is 36.4 Å². The normalized spacial score (nSPS) is 12.0. The fourth-order valence-corrected chi connectivity index (χ4v) is 3.55. The molecule has 1 N–H and O–H groups in total. The monoisotopic (exact) mass is 442 g/mol. The molecule has 0 aliphatic heterocycles. The maximum Gasteiger partial charge on any atom is 0.305 e. The third-order valence-corrected chi connectivity index (χ3v) is 5.59. The quantitative estimate of drug-likeness (QED) is 0.138. The third-order valence-electron chi connectivity index (χ3n) is 5.59. The first-order valence-corrected chi connectivity index (χ1v) is 13.1. The molecule has 0 aromatic carbocycles. The fourth-order valence-electron chi connectivity index (χ4n) is 3.55. The number of ether oxygens (including phenoxy) is 2. The van der Waals surface area contributed by atoms with E-state index in [0.29, 0.717) is 12.8 Å². The molecule has 0 bridgehead atoms. The highest BCUT2D eigenvalue weighted by molar-refractivity contribution is 5.69. The molecule has 5 nitrogen and oxygen atoms in total. The number of hydrogen-bond acceptors (Lipinski definition) is 5. The molecule has 0 fully saturated rings. The lowest BCUT2D eigenvalue weighted by atomic mass is 10.1. The van der Waals surface area contributed by atoms with Crippen molar-refractivity contribution < 1.29 is 24.2 Å². The molecule has 0 rings (SSSR count). The van der Waals surface area contributed by atoms with Gasteiger partial charge in [0.15, 0.2) is 0 Å². The summed E-state index contributed by atoms with van der Waals surface area (Å²) < 4.78 is 10.2. The second kappa shape index (κ2) is 23.6. The Morgan fingerprint density at radius 2 is 0.839 bits per heavy atom. The van der Waals surface area contributed by atoms with Gasteiger partial charge >= 0.3 is 11.9 Å². The lowest BCUT2D eigenvalue weighted by Gasteiger charge is -2.12. The Hall–Kier alpha value is -1.10. The van der Waals surface area contributed by atoms with Gasteiger partial charge < -0.3 is 14.6 Å². The van der Waals surface area contributed by atoms with Crippen LogP contribution in [0, 0.1) is 0 Å². The standard InChI is InChI=1S/C26H50O5/c1-3-5-7-9-11-12-13-15-17-19-21-26(29)31-23-24(27)22-30-25(28)20-18-16-14-10-8-6-4-2/h24,27H,3-23H2,1-2H3/t24-/m1/s1. The van der Waals surface area contributed by atoms with Crippen molar-refractivity contribution in [2.45, 2.75) is 142 Å². The summed E-state index contributed by atoms with van der Waals surface area (Å²) in [7, 11) is 0. The van der Waals surface area contributed by atoms with E-state index in [4.69, 9.17) is 9.47 Å². The first-order valence-electron chi connectivity index (χ1n) is 13.1. The minimum Gasteiger partial charge on any atom is -0.463 e. The summed E-state index contributed by atoms with van der Waals surface area (Å²) in [6.45, 7) is 4.21. The van der Waals surface area contributed by atoms with Crippen molar-refractivity contribution >= 4 is 11.9 Å². The van der Waals surface area contributed by atoms with Gasteiger partial charge in [0.1, 0.15) is 19.3 Å². The lowest BCUT2D eigenvalue weighted by molar-refractivity contribution is -0.152. The van der Waals surface area contributed by atoms with Gasteiger partial charge in [-0.2, -0.15) is 0 Å². The maximum absolute atomic E-state index is 11.7. The van der Waals surface area contributed by atoms with Gasteiger partial charge in [0.05, 0.1) is 0 Å². The molecule has 5 heteroatoms. The number of hydrogen-bond donors (Lipinski definition) is 1. The van der Waals surface area contributed by atoms with Gasteiger partial charge in [-0.25, -0.2) is 0 Å². The summed E-state index contributed by atoms with van der Waals surface area (Å²) in [6, 6.07) is 0. The van der Waals surface area contributed by atoms with Gasteiger partial charge in [0.25, 0.3) is 0 Å². The topological polar surface area (TPSA) is 72.8 Å². The summed E-state index contributed by atoms with van der Waals surface area (Å²) in [5.74, 6) is -0.572. The van der Waals surface area contributed by atoms with Crippen LogP contribution in [0.4, 0.5) is 0 Å². The number of carbonyl (C=O) groups excluding carboxylic acids is 2. The van der Waals surface area contributed by atoms with E-state index in [1.54, 1.807) is 0 Å². The van der Waals surface area contributed by atoms with E-state index >= 15 is 0 Å². The van der Waals surface area contributed by atoms with Crippen LogP contribution in [-0.2, 0) is 19.1 Å². The second-order valence-corrected chi connectivity index (χ2v) is 8.82. The Morgan fingerprint density at radius 1 is 0.548 bits per heavy atom. The third kappa shape index (κ3) is 23.4. The van der Waals surface area contributed by atoms with E-state index in [1.165, 1.54) is 77.0 Å². The van der Waals surface area contributed by atoms with Gasteiger partial charge in [-0.15, -0.1) is 0 Å². The molecule has 0 aliphatic carbocycles. The van der Waals surface area contributed by atoms with Crippen LogP contribution in [0.15, 0.2) is 0 Å². The van der Waals surface area contributed by atoms with Crippen LogP contribution in [0.25, 0.3) is 0 Å². The first-order chi connectivity index (χ1) is 15.1. The number of esters is 2. The molecule has 0 amide bonds. The number of aliphatic hydroxyl groups is 1. The molecule has 0 spiro atoms. The van der Waals surface area contributed by atoms with Crippen molar-refractivity contribution in [3.63, 3.8) is 0 Å². The average Bonchev–Trinajstić information content (AvgIpc) is 2.76. The number of rotatable bonds is 23. The van der Waals surface area contributed by atoms with Crippen LogP contribution in [0.1, 0.15) is 136 Å². The molecule has 0 aromatic heterocycles. The molecule has 0 aromatic rings. The van der Waals surface area contributed by atoms with Crippen molar-refractivity contribution in [1.82, 2.24) is 0 Å². The van der Waals surface area contributed by atoms with Crippen LogP contribution >= 0.6 is 0 Å². The summed E-state index contributed by atoms with van der Waals surface area (Å²) in [6.07, 6.45) is 20.1.